The van der Waals surface area contributed by atoms with Gasteiger partial charge in [-0.3, -0.25) is 9.20 Å². The van der Waals surface area contributed by atoms with Crippen molar-refractivity contribution < 1.29 is 37.3 Å². The number of aromatic nitrogens is 2. The van der Waals surface area contributed by atoms with Gasteiger partial charge in [-0.15, -0.1) is 0 Å². The molecule has 3 heterocycles. The maximum Gasteiger partial charge on any atom is 0.410 e. The standard InChI is InChI=1S/C29H34F2N4O6/c1-29(2,3)41-28(37)34-9-7-17(15-34)16-39-20-8-10-35-21(14-32-24(35)13-20)18-11-22(38-4)25(23(12-18)40-27(30)31)26(36)33-19-5-6-19/h8,10-14,17,19,27H,5-7,9,15-16H2,1-4H3,(H,33,36). The van der Waals surface area contributed by atoms with Gasteiger partial charge in [0.2, 0.25) is 0 Å². The fraction of sp³-hybridized carbons (Fsp3) is 0.483. The van der Waals surface area contributed by atoms with Gasteiger partial charge in [0.1, 0.15) is 34.1 Å². The molecule has 3 aromatic rings. The molecule has 12 heteroatoms. The maximum atomic E-state index is 13.3. The Kier molecular flexibility index (Phi) is 7.92. The number of halogens is 2. The summed E-state index contributed by atoms with van der Waals surface area (Å²) in [5.74, 6) is 0.0905. The van der Waals surface area contributed by atoms with Crippen molar-refractivity contribution in [3.05, 3.63) is 42.2 Å². The number of alkyl halides is 2. The molecule has 1 unspecified atom stereocenters. The number of likely N-dealkylation sites (tertiary alicyclic amines) is 1. The number of rotatable bonds is 9. The molecule has 10 nitrogen and oxygen atoms in total. The van der Waals surface area contributed by atoms with Crippen molar-refractivity contribution in [2.75, 3.05) is 26.8 Å². The van der Waals surface area contributed by atoms with Gasteiger partial charge in [-0.1, -0.05) is 0 Å². The molecule has 1 atom stereocenters. The number of fused-ring (bicyclic) bond motifs is 1. The maximum absolute atomic E-state index is 13.3. The summed E-state index contributed by atoms with van der Waals surface area (Å²) in [4.78, 5) is 31.3. The van der Waals surface area contributed by atoms with Crippen LogP contribution >= 0.6 is 0 Å². The minimum absolute atomic E-state index is 0.0269. The third kappa shape index (κ3) is 6.80. The zero-order valence-electron chi connectivity index (χ0n) is 23.5. The number of hydrogen-bond donors (Lipinski definition) is 1. The quantitative estimate of drug-likeness (QED) is 0.379. The fourth-order valence-corrected chi connectivity index (χ4v) is 4.74. The zero-order chi connectivity index (χ0) is 29.3. The highest BCUT2D eigenvalue weighted by Gasteiger charge is 2.31. The summed E-state index contributed by atoms with van der Waals surface area (Å²) in [6, 6.07) is 6.57. The lowest BCUT2D eigenvalue weighted by atomic mass is 10.1. The van der Waals surface area contributed by atoms with Gasteiger partial charge in [0.25, 0.3) is 5.91 Å². The van der Waals surface area contributed by atoms with Crippen LogP contribution in [0.2, 0.25) is 0 Å². The molecule has 5 rings (SSSR count). The second-order valence-corrected chi connectivity index (χ2v) is 11.3. The number of hydrogen-bond acceptors (Lipinski definition) is 7. The molecule has 1 aliphatic heterocycles. The van der Waals surface area contributed by atoms with Crippen LogP contribution < -0.4 is 19.5 Å². The van der Waals surface area contributed by atoms with Gasteiger partial charge in [0, 0.05) is 42.9 Å². The second kappa shape index (κ2) is 11.4. The van der Waals surface area contributed by atoms with Crippen LogP contribution in [0.3, 0.4) is 0 Å². The van der Waals surface area contributed by atoms with Crippen LogP contribution in [0.15, 0.2) is 36.7 Å². The predicted molar refractivity (Wildman–Crippen MR) is 146 cm³/mol. The third-order valence-corrected chi connectivity index (χ3v) is 6.85. The molecular weight excluding hydrogens is 538 g/mol. The summed E-state index contributed by atoms with van der Waals surface area (Å²) in [6.45, 7) is 4.01. The third-order valence-electron chi connectivity index (χ3n) is 6.85. The molecule has 2 aromatic heterocycles. The number of imidazole rings is 1. The van der Waals surface area contributed by atoms with Crippen LogP contribution in [-0.2, 0) is 4.74 Å². The first-order chi connectivity index (χ1) is 19.5. The van der Waals surface area contributed by atoms with Gasteiger partial charge in [-0.25, -0.2) is 9.78 Å². The van der Waals surface area contributed by atoms with Crippen molar-refractivity contribution in [1.82, 2.24) is 19.6 Å². The SMILES string of the molecule is COc1cc(-c2cnc3cc(OCC4CCN(C(=O)OC(C)(C)C)C4)ccn23)cc(OC(F)F)c1C(=O)NC1CC1. The van der Waals surface area contributed by atoms with Gasteiger partial charge in [0.15, 0.2) is 0 Å². The van der Waals surface area contributed by atoms with E-state index in [1.54, 1.807) is 39.9 Å². The van der Waals surface area contributed by atoms with Crippen molar-refractivity contribution in [2.45, 2.75) is 58.3 Å². The van der Waals surface area contributed by atoms with Crippen LogP contribution in [0.4, 0.5) is 13.6 Å². The van der Waals surface area contributed by atoms with Crippen molar-refractivity contribution in [3.63, 3.8) is 0 Å². The number of pyridine rings is 1. The van der Waals surface area contributed by atoms with Crippen LogP contribution in [0.25, 0.3) is 16.9 Å². The van der Waals surface area contributed by atoms with Crippen molar-refractivity contribution in [2.24, 2.45) is 5.92 Å². The Morgan fingerprint density at radius 2 is 1.90 bits per heavy atom. The van der Waals surface area contributed by atoms with E-state index in [-0.39, 0.29) is 35.1 Å². The summed E-state index contributed by atoms with van der Waals surface area (Å²) in [7, 11) is 1.37. The number of carbonyl (C=O) groups excluding carboxylic acids is 2. The van der Waals surface area contributed by atoms with E-state index >= 15 is 0 Å². The lowest BCUT2D eigenvalue weighted by molar-refractivity contribution is -0.0502. The van der Waals surface area contributed by atoms with Crippen LogP contribution in [0.5, 0.6) is 17.2 Å². The summed E-state index contributed by atoms with van der Waals surface area (Å²) < 4.78 is 50.0. The highest BCUT2D eigenvalue weighted by atomic mass is 19.3. The Balaban J connectivity index is 1.32. The lowest BCUT2D eigenvalue weighted by Gasteiger charge is -2.24. The van der Waals surface area contributed by atoms with Gasteiger partial charge >= 0.3 is 12.7 Å². The van der Waals surface area contributed by atoms with E-state index in [1.165, 1.54) is 13.2 Å². The molecule has 1 saturated heterocycles. The number of nitrogens with zero attached hydrogens (tertiary/aromatic N) is 3. The average molecular weight is 573 g/mol. The number of amides is 2. The molecular formula is C29H34F2N4O6. The van der Waals surface area contributed by atoms with Gasteiger partial charge in [-0.2, -0.15) is 8.78 Å². The first kappa shape index (κ1) is 28.4. The molecule has 1 N–H and O–H groups in total. The van der Waals surface area contributed by atoms with E-state index in [0.717, 1.165) is 19.3 Å². The molecule has 1 aliphatic carbocycles. The number of benzene rings is 1. The van der Waals surface area contributed by atoms with Gasteiger partial charge in [-0.05, 0) is 58.2 Å². The van der Waals surface area contributed by atoms with Crippen LogP contribution in [0, 0.1) is 5.92 Å². The Morgan fingerprint density at radius 3 is 2.59 bits per heavy atom. The number of ether oxygens (including phenoxy) is 4. The van der Waals surface area contributed by atoms with Crippen LogP contribution in [0.1, 0.15) is 50.4 Å². The molecule has 41 heavy (non-hydrogen) atoms. The first-order valence-electron chi connectivity index (χ1n) is 13.6. The lowest BCUT2D eigenvalue weighted by Crippen LogP contribution is -2.35. The molecule has 0 spiro atoms. The topological polar surface area (TPSA) is 104 Å². The van der Waals surface area contributed by atoms with E-state index in [1.807, 2.05) is 20.8 Å². The number of methoxy groups -OCH3 is 1. The molecule has 2 fully saturated rings. The molecule has 2 amide bonds. The Labute approximate surface area is 236 Å². The molecule has 0 bridgehead atoms. The molecule has 0 radical (unpaired) electrons. The highest BCUT2D eigenvalue weighted by molar-refractivity contribution is 6.01. The normalized spacial score (nSPS) is 17.1. The smallest absolute Gasteiger partial charge is 0.410 e. The molecule has 1 saturated carbocycles. The van der Waals surface area contributed by atoms with E-state index in [0.29, 0.717) is 42.4 Å². The summed E-state index contributed by atoms with van der Waals surface area (Å²) in [6.07, 6.45) is 5.55. The van der Waals surface area contributed by atoms with Gasteiger partial charge < -0.3 is 29.2 Å². The van der Waals surface area contributed by atoms with Crippen LogP contribution in [-0.4, -0.2) is 71.3 Å². The zero-order valence-corrected chi connectivity index (χ0v) is 23.5. The van der Waals surface area contributed by atoms with Crippen molar-refractivity contribution in [3.8, 4) is 28.5 Å². The summed E-state index contributed by atoms with van der Waals surface area (Å²) >= 11 is 0. The Bertz CT molecular complexity index is 1430. The monoisotopic (exact) mass is 572 g/mol. The minimum Gasteiger partial charge on any atom is -0.496 e. The molecule has 220 valence electrons. The fourth-order valence-electron chi connectivity index (χ4n) is 4.74. The van der Waals surface area contributed by atoms with Crippen molar-refractivity contribution >= 4 is 17.6 Å². The average Bonchev–Trinajstić information content (AvgIpc) is 3.41. The predicted octanol–water partition coefficient (Wildman–Crippen LogP) is 5.14. The summed E-state index contributed by atoms with van der Waals surface area (Å²) in [5.41, 5.74) is 1.02. The minimum atomic E-state index is -3.12. The van der Waals surface area contributed by atoms with E-state index in [9.17, 15) is 18.4 Å². The Morgan fingerprint density at radius 1 is 1.15 bits per heavy atom. The van der Waals surface area contributed by atoms with E-state index in [4.69, 9.17) is 18.9 Å². The number of nitrogens with one attached hydrogen (secondary N) is 1. The second-order valence-electron chi connectivity index (χ2n) is 11.3. The Hall–Kier alpha value is -4.09. The van der Waals surface area contributed by atoms with E-state index in [2.05, 4.69) is 10.3 Å². The highest BCUT2D eigenvalue weighted by Crippen LogP contribution is 2.37. The van der Waals surface area contributed by atoms with Crippen molar-refractivity contribution in [1.29, 1.82) is 0 Å². The largest absolute Gasteiger partial charge is 0.496 e. The van der Waals surface area contributed by atoms with E-state index < -0.39 is 18.1 Å². The summed E-state index contributed by atoms with van der Waals surface area (Å²) in [5, 5.41) is 2.80. The number of carbonyl (C=O) groups is 2. The van der Waals surface area contributed by atoms with Gasteiger partial charge in [0.05, 0.1) is 25.6 Å². The first-order valence-corrected chi connectivity index (χ1v) is 13.6. The molecule has 1 aromatic carbocycles. The molecule has 2 aliphatic rings.